The Balaban J connectivity index is 1.21. The van der Waals surface area contributed by atoms with Gasteiger partial charge in [-0.3, -0.25) is 46.8 Å². The number of nitrogens with one attached hydrogen (secondary N) is 2. The first-order valence-corrected chi connectivity index (χ1v) is 15.7. The van der Waals surface area contributed by atoms with Crippen molar-refractivity contribution in [2.75, 3.05) is 18.1 Å². The van der Waals surface area contributed by atoms with Gasteiger partial charge in [-0.05, 0) is 0 Å². The van der Waals surface area contributed by atoms with E-state index < -0.39 is 82.6 Å². The molecule has 3 aliphatic rings. The molecule has 3 aliphatic heterocycles. The molecule has 4 aromatic rings. The average Bonchev–Trinajstić information content (AvgIpc) is 3.69. The van der Waals surface area contributed by atoms with Gasteiger partial charge in [0.25, 0.3) is 11.1 Å². The third-order valence-corrected chi connectivity index (χ3v) is 9.05. The SMILES string of the molecule is Nc1nc2c(ncn2[C@@H]2O[C@@H]3OP(=O)(O)OC4[C@@H](COP(=O)(O)O[C@@H]3C2O)O[C@@H](n2cnc3c(=O)[nH]c(N)nc32)[C@H]4O)c(=O)[nH]1. The van der Waals surface area contributed by atoms with Gasteiger partial charge >= 0.3 is 15.6 Å². The summed E-state index contributed by atoms with van der Waals surface area (Å²) < 4.78 is 60.1. The molecule has 45 heavy (non-hydrogen) atoms. The Morgan fingerprint density at radius 3 is 1.89 bits per heavy atom. The number of aromatic nitrogens is 8. The highest BCUT2D eigenvalue weighted by Gasteiger charge is 2.56. The van der Waals surface area contributed by atoms with Gasteiger partial charge in [0.05, 0.1) is 19.3 Å². The Morgan fingerprint density at radius 2 is 1.31 bits per heavy atom. The smallest absolute Gasteiger partial charge is 0.386 e. The second kappa shape index (κ2) is 10.4. The molecule has 7 rings (SSSR count). The fourth-order valence-electron chi connectivity index (χ4n) is 5.18. The van der Waals surface area contributed by atoms with E-state index in [2.05, 4.69) is 29.9 Å². The molecule has 0 aromatic carbocycles. The minimum atomic E-state index is -5.32. The molecule has 3 saturated heterocycles. The number of phosphoric ester groups is 2. The first kappa shape index (κ1) is 30.0. The Hall–Kier alpha value is -3.64. The number of aromatic amines is 2. The van der Waals surface area contributed by atoms with Crippen molar-refractivity contribution in [1.29, 1.82) is 0 Å². The van der Waals surface area contributed by atoms with Crippen molar-refractivity contribution in [3.05, 3.63) is 33.4 Å². The van der Waals surface area contributed by atoms with E-state index in [1.807, 2.05) is 0 Å². The lowest BCUT2D eigenvalue weighted by molar-refractivity contribution is -0.137. The number of nitrogen functional groups attached to an aromatic ring is 2. The molecule has 0 radical (unpaired) electrons. The Bertz CT molecular complexity index is 2030. The zero-order valence-electron chi connectivity index (χ0n) is 22.1. The molecule has 10 N–H and O–H groups in total. The number of hydrogen-bond donors (Lipinski definition) is 8. The molecule has 0 aliphatic carbocycles. The van der Waals surface area contributed by atoms with Crippen LogP contribution in [0.25, 0.3) is 22.3 Å². The van der Waals surface area contributed by atoms with Crippen LogP contribution < -0.4 is 22.6 Å². The third-order valence-electron chi connectivity index (χ3n) is 7.08. The number of aliphatic hydroxyl groups is 2. The summed E-state index contributed by atoms with van der Waals surface area (Å²) in [5, 5.41) is 22.2. The molecule has 0 amide bonds. The van der Waals surface area contributed by atoms with E-state index in [1.54, 1.807) is 0 Å². The van der Waals surface area contributed by atoms with Crippen LogP contribution in [0.4, 0.5) is 11.9 Å². The van der Waals surface area contributed by atoms with Crippen molar-refractivity contribution >= 4 is 49.9 Å². The minimum Gasteiger partial charge on any atom is -0.386 e. The molecule has 10 atom stereocenters. The summed E-state index contributed by atoms with van der Waals surface area (Å²) in [5.74, 6) is -0.601. The largest absolute Gasteiger partial charge is 0.475 e. The highest BCUT2D eigenvalue weighted by Crippen LogP contribution is 2.56. The van der Waals surface area contributed by atoms with Gasteiger partial charge in [0.1, 0.15) is 24.4 Å². The molecule has 4 aromatic heterocycles. The highest BCUT2D eigenvalue weighted by molar-refractivity contribution is 7.47. The van der Waals surface area contributed by atoms with E-state index in [0.717, 1.165) is 21.8 Å². The summed E-state index contributed by atoms with van der Waals surface area (Å²) in [6.07, 6.45) is -12.2. The van der Waals surface area contributed by atoms with Crippen LogP contribution in [0, 0.1) is 0 Å². The Kier molecular flexibility index (Phi) is 6.97. The first-order valence-electron chi connectivity index (χ1n) is 12.7. The van der Waals surface area contributed by atoms with E-state index in [4.69, 9.17) is 39.0 Å². The number of anilines is 2. The van der Waals surface area contributed by atoms with Gasteiger partial charge in [-0.2, -0.15) is 9.97 Å². The lowest BCUT2D eigenvalue weighted by Crippen LogP contribution is -2.36. The molecule has 0 bridgehead atoms. The zero-order valence-corrected chi connectivity index (χ0v) is 23.9. The molecule has 7 heterocycles. The lowest BCUT2D eigenvalue weighted by Gasteiger charge is -2.24. The normalized spacial score (nSPS) is 37.4. The van der Waals surface area contributed by atoms with Crippen LogP contribution in [0.15, 0.2) is 22.2 Å². The second-order valence-electron chi connectivity index (χ2n) is 9.97. The minimum absolute atomic E-state index is 0.131. The number of nitrogens with two attached hydrogens (primary N) is 2. The summed E-state index contributed by atoms with van der Waals surface area (Å²) in [7, 11) is -10.5. The van der Waals surface area contributed by atoms with Crippen molar-refractivity contribution in [1.82, 2.24) is 39.0 Å². The van der Waals surface area contributed by atoms with Crippen LogP contribution in [0.2, 0.25) is 0 Å². The third kappa shape index (κ3) is 5.15. The molecular formula is C19H22N10O14P2. The van der Waals surface area contributed by atoms with E-state index in [0.29, 0.717) is 0 Å². The topological polar surface area (TPSA) is 350 Å². The Morgan fingerprint density at radius 1 is 0.800 bits per heavy atom. The van der Waals surface area contributed by atoms with Crippen LogP contribution in [0.5, 0.6) is 0 Å². The number of ether oxygens (including phenoxy) is 2. The highest BCUT2D eigenvalue weighted by atomic mass is 31.2. The van der Waals surface area contributed by atoms with Crippen LogP contribution >= 0.6 is 15.6 Å². The van der Waals surface area contributed by atoms with Crippen molar-refractivity contribution in [3.63, 3.8) is 0 Å². The number of nitrogens with zero attached hydrogens (tertiary/aromatic N) is 6. The van der Waals surface area contributed by atoms with Gasteiger partial charge in [0, 0.05) is 0 Å². The van der Waals surface area contributed by atoms with Crippen LogP contribution in [-0.4, -0.2) is 102 Å². The molecule has 26 heteroatoms. The van der Waals surface area contributed by atoms with Crippen LogP contribution in [-0.2, 0) is 36.7 Å². The lowest BCUT2D eigenvalue weighted by atomic mass is 10.1. The fourth-order valence-corrected chi connectivity index (χ4v) is 7.16. The number of imidazole rings is 2. The molecular weight excluding hydrogens is 654 g/mol. The van der Waals surface area contributed by atoms with Crippen molar-refractivity contribution in [3.8, 4) is 0 Å². The molecule has 0 spiro atoms. The monoisotopic (exact) mass is 676 g/mol. The van der Waals surface area contributed by atoms with Gasteiger partial charge < -0.3 is 40.9 Å². The predicted molar refractivity (Wildman–Crippen MR) is 141 cm³/mol. The molecule has 4 unspecified atom stereocenters. The van der Waals surface area contributed by atoms with E-state index in [-0.39, 0.29) is 34.2 Å². The maximum atomic E-state index is 13.2. The van der Waals surface area contributed by atoms with Crippen molar-refractivity contribution in [2.24, 2.45) is 0 Å². The van der Waals surface area contributed by atoms with Gasteiger partial charge in [-0.25, -0.2) is 19.1 Å². The number of rotatable bonds is 2. The average molecular weight is 676 g/mol. The van der Waals surface area contributed by atoms with Gasteiger partial charge in [0.15, 0.2) is 40.9 Å². The van der Waals surface area contributed by atoms with E-state index in [1.165, 1.54) is 0 Å². The number of H-pyrrole nitrogens is 2. The van der Waals surface area contributed by atoms with Crippen LogP contribution in [0.1, 0.15) is 12.5 Å². The number of hydrogen-bond acceptors (Lipinski definition) is 18. The number of fused-ring (bicyclic) bond motifs is 4. The summed E-state index contributed by atoms with van der Waals surface area (Å²) in [4.78, 5) is 65.8. The summed E-state index contributed by atoms with van der Waals surface area (Å²) >= 11 is 0. The number of aliphatic hydroxyl groups excluding tert-OH is 2. The summed E-state index contributed by atoms with van der Waals surface area (Å²) in [6, 6.07) is 0. The first-order chi connectivity index (χ1) is 21.2. The number of phosphoric acid groups is 2. The molecule has 24 nitrogen and oxygen atoms in total. The summed E-state index contributed by atoms with van der Waals surface area (Å²) in [5.41, 5.74) is 9.09. The molecule has 3 fully saturated rings. The van der Waals surface area contributed by atoms with Crippen molar-refractivity contribution in [2.45, 2.75) is 49.3 Å². The Labute approximate surface area is 246 Å². The van der Waals surface area contributed by atoms with Gasteiger partial charge in [-0.1, -0.05) is 0 Å². The van der Waals surface area contributed by atoms with Crippen molar-refractivity contribution < 1.29 is 56.7 Å². The predicted octanol–water partition coefficient (Wildman–Crippen LogP) is -3.09. The molecule has 0 saturated carbocycles. The molecule has 242 valence electrons. The van der Waals surface area contributed by atoms with Gasteiger partial charge in [-0.15, -0.1) is 0 Å². The fraction of sp³-hybridized carbons (Fsp3) is 0.474. The maximum absolute atomic E-state index is 13.2. The zero-order chi connectivity index (χ0) is 32.0. The maximum Gasteiger partial charge on any atom is 0.475 e. The van der Waals surface area contributed by atoms with Gasteiger partial charge in [0.2, 0.25) is 18.2 Å². The summed E-state index contributed by atoms with van der Waals surface area (Å²) in [6.45, 7) is -0.870. The van der Waals surface area contributed by atoms with E-state index >= 15 is 0 Å². The van der Waals surface area contributed by atoms with E-state index in [9.17, 15) is 38.7 Å². The second-order valence-corrected chi connectivity index (χ2v) is 12.7. The standard InChI is InChI=1S/C19H22N10O14P2/c20-18-24-11-5(13(32)26-18)22-2-28(11)15-7(30)9-4(39-15)1-38-44(34,35)42-10-8(31)16(40-17(10)43-45(36,37)41-9)29-3-23-6-12(29)25-19(21)27-14(6)33/h2-4,7-10,15-17,30-31H,1H2,(H,34,35)(H,36,37)(H3,20,24,26,32)(H3,21,25,27,33)/t4-,7+,8?,9?,10-,15-,16-,17-/m1/s1. The quantitative estimate of drug-likeness (QED) is 0.0975. The van der Waals surface area contributed by atoms with Crippen LogP contribution in [0.3, 0.4) is 0 Å².